The molecule has 196 valence electrons. The molecular weight excluding hydrogens is 436 g/mol. The summed E-state index contributed by atoms with van der Waals surface area (Å²) in [6, 6.07) is -0.153. The van der Waals surface area contributed by atoms with Crippen molar-refractivity contribution in [3.8, 4) is 0 Å². The Morgan fingerprint density at radius 1 is 0.743 bits per heavy atom. The van der Waals surface area contributed by atoms with Gasteiger partial charge in [0.25, 0.3) is 0 Å². The number of alkyl carbamates (subject to hydrolysis) is 1. The number of hydrogen-bond donors (Lipinski definition) is 2. The zero-order valence-corrected chi connectivity index (χ0v) is 22.6. The van der Waals surface area contributed by atoms with Gasteiger partial charge in [0.05, 0.1) is 0 Å². The Labute approximate surface area is 214 Å². The van der Waals surface area contributed by atoms with E-state index in [-0.39, 0.29) is 11.9 Å². The summed E-state index contributed by atoms with van der Waals surface area (Å²) in [7, 11) is 0. The van der Waals surface area contributed by atoms with Crippen molar-refractivity contribution in [3.63, 3.8) is 0 Å². The number of hydrogen-bond acceptors (Lipinski definition) is 3. The van der Waals surface area contributed by atoms with E-state index in [4.69, 9.17) is 4.74 Å². The van der Waals surface area contributed by atoms with Crippen LogP contribution in [0.25, 0.3) is 0 Å². The van der Waals surface area contributed by atoms with E-state index in [1.54, 1.807) is 0 Å². The summed E-state index contributed by atoms with van der Waals surface area (Å²) in [5, 5.41) is 5.55. The molecule has 0 aromatic carbocycles. The van der Waals surface area contributed by atoms with Crippen LogP contribution in [0, 0.1) is 0 Å². The Kier molecular flexibility index (Phi) is 19.9. The minimum Gasteiger partial charge on any atom is -0.444 e. The zero-order valence-electron chi connectivity index (χ0n) is 22.6. The van der Waals surface area contributed by atoms with Crippen LogP contribution in [0.4, 0.5) is 4.79 Å². The average Bonchev–Trinajstić information content (AvgIpc) is 2.78. The Bertz CT molecular complexity index is 737. The molecule has 0 heterocycles. The van der Waals surface area contributed by atoms with Crippen LogP contribution in [-0.2, 0) is 9.53 Å². The number of ether oxygens (including phenoxy) is 1. The molecule has 0 saturated heterocycles. The lowest BCUT2D eigenvalue weighted by Crippen LogP contribution is -2.43. The summed E-state index contributed by atoms with van der Waals surface area (Å²) in [5.74, 6) is -0.0250. The maximum absolute atomic E-state index is 12.0. The van der Waals surface area contributed by atoms with Crippen LogP contribution in [0.1, 0.15) is 86.0 Å². The highest BCUT2D eigenvalue weighted by molar-refractivity contribution is 5.76. The van der Waals surface area contributed by atoms with Gasteiger partial charge in [0.1, 0.15) is 5.60 Å². The van der Waals surface area contributed by atoms with Gasteiger partial charge in [-0.1, -0.05) is 79.8 Å². The number of allylic oxidation sites excluding steroid dienone is 12. The van der Waals surface area contributed by atoms with Crippen LogP contribution >= 0.6 is 0 Å². The van der Waals surface area contributed by atoms with Crippen molar-refractivity contribution < 1.29 is 14.3 Å². The van der Waals surface area contributed by atoms with E-state index in [0.717, 1.165) is 38.5 Å². The van der Waals surface area contributed by atoms with Crippen LogP contribution in [0.5, 0.6) is 0 Å². The van der Waals surface area contributed by atoms with Gasteiger partial charge in [-0.2, -0.15) is 0 Å². The van der Waals surface area contributed by atoms with E-state index in [1.165, 1.54) is 0 Å². The molecule has 0 aromatic heterocycles. The molecule has 0 aliphatic heterocycles. The van der Waals surface area contributed by atoms with E-state index in [0.29, 0.717) is 19.4 Å². The highest BCUT2D eigenvalue weighted by Gasteiger charge is 2.16. The molecular formula is C30H48N2O3. The summed E-state index contributed by atoms with van der Waals surface area (Å²) in [6.07, 6.45) is 32.5. The fourth-order valence-electron chi connectivity index (χ4n) is 2.80. The fourth-order valence-corrected chi connectivity index (χ4v) is 2.80. The van der Waals surface area contributed by atoms with E-state index in [9.17, 15) is 9.59 Å². The van der Waals surface area contributed by atoms with E-state index in [2.05, 4.69) is 84.4 Å². The summed E-state index contributed by atoms with van der Waals surface area (Å²) in [5.41, 5.74) is -0.532. The van der Waals surface area contributed by atoms with Crippen LogP contribution in [0.3, 0.4) is 0 Å². The van der Waals surface area contributed by atoms with Crippen molar-refractivity contribution in [1.82, 2.24) is 10.6 Å². The highest BCUT2D eigenvalue weighted by atomic mass is 16.6. The second-order valence-electron chi connectivity index (χ2n) is 9.31. The molecule has 0 aliphatic rings. The molecule has 2 N–H and O–H groups in total. The molecule has 0 radical (unpaired) electrons. The normalized spacial score (nSPS) is 13.7. The largest absolute Gasteiger partial charge is 0.444 e. The van der Waals surface area contributed by atoms with Gasteiger partial charge in [0.15, 0.2) is 0 Å². The molecule has 5 heteroatoms. The molecule has 0 aromatic rings. The predicted molar refractivity (Wildman–Crippen MR) is 149 cm³/mol. The summed E-state index contributed by atoms with van der Waals surface area (Å²) in [6.45, 7) is 9.77. The number of carbonyl (C=O) groups excluding carboxylic acids is 2. The Hall–Kier alpha value is -2.82. The van der Waals surface area contributed by atoms with Gasteiger partial charge in [0.2, 0.25) is 5.91 Å². The molecule has 0 fully saturated rings. The van der Waals surface area contributed by atoms with Crippen LogP contribution in [0.15, 0.2) is 72.9 Å². The standard InChI is InChI=1S/C30H48N2O3/c1-6-7-8-9-10-11-12-13-14-15-16-17-18-19-20-21-22-23-24-25-28(33)32-27(2)26-31-29(34)35-30(3,4)5/h7-8,10-11,13-14,16-17,19-20,22-23,27H,6,9,12,15,18,21,24-26H2,1-5H3,(H,31,34)(H,32,33). The second kappa shape index (κ2) is 21.7. The quantitative estimate of drug-likeness (QED) is 0.210. The molecule has 2 amide bonds. The molecule has 1 atom stereocenters. The van der Waals surface area contributed by atoms with Gasteiger partial charge in [-0.05, 0) is 72.6 Å². The lowest BCUT2D eigenvalue weighted by molar-refractivity contribution is -0.121. The highest BCUT2D eigenvalue weighted by Crippen LogP contribution is 2.06. The summed E-state index contributed by atoms with van der Waals surface area (Å²) in [4.78, 5) is 23.6. The molecule has 0 saturated carbocycles. The lowest BCUT2D eigenvalue weighted by atomic mass is 10.2. The van der Waals surface area contributed by atoms with Crippen LogP contribution in [-0.4, -0.2) is 30.2 Å². The van der Waals surface area contributed by atoms with E-state index >= 15 is 0 Å². The average molecular weight is 485 g/mol. The van der Waals surface area contributed by atoms with Gasteiger partial charge in [-0.15, -0.1) is 0 Å². The van der Waals surface area contributed by atoms with Crippen LogP contribution < -0.4 is 10.6 Å². The second-order valence-corrected chi connectivity index (χ2v) is 9.31. The smallest absolute Gasteiger partial charge is 0.407 e. The van der Waals surface area contributed by atoms with Gasteiger partial charge >= 0.3 is 6.09 Å². The fraction of sp³-hybridized carbons (Fsp3) is 0.533. The molecule has 35 heavy (non-hydrogen) atoms. The number of rotatable bonds is 17. The van der Waals surface area contributed by atoms with Crippen molar-refractivity contribution in [2.45, 2.75) is 97.6 Å². The predicted octanol–water partition coefficient (Wildman–Crippen LogP) is 7.49. The SMILES string of the molecule is CCC=CCC=CCC=CCC=CCC=CCC=CCCC(=O)NC(C)CNC(=O)OC(C)(C)C. The summed E-state index contributed by atoms with van der Waals surface area (Å²) < 4.78 is 5.18. The van der Waals surface area contributed by atoms with Crippen molar-refractivity contribution in [2.75, 3.05) is 6.54 Å². The molecule has 0 bridgehead atoms. The topological polar surface area (TPSA) is 67.4 Å². The van der Waals surface area contributed by atoms with Crippen molar-refractivity contribution in [1.29, 1.82) is 0 Å². The maximum Gasteiger partial charge on any atom is 0.407 e. The molecule has 0 spiro atoms. The Balaban J connectivity index is 3.75. The number of amides is 2. The Morgan fingerprint density at radius 3 is 1.60 bits per heavy atom. The minimum absolute atomic E-state index is 0.0250. The van der Waals surface area contributed by atoms with E-state index in [1.807, 2.05) is 33.8 Å². The molecule has 0 aliphatic carbocycles. The number of carbonyl (C=O) groups is 2. The van der Waals surface area contributed by atoms with Crippen molar-refractivity contribution in [3.05, 3.63) is 72.9 Å². The first-order valence-corrected chi connectivity index (χ1v) is 12.9. The maximum atomic E-state index is 12.0. The van der Waals surface area contributed by atoms with Gasteiger partial charge < -0.3 is 15.4 Å². The van der Waals surface area contributed by atoms with Gasteiger partial charge in [-0.25, -0.2) is 4.79 Å². The van der Waals surface area contributed by atoms with Crippen LogP contribution in [0.2, 0.25) is 0 Å². The third kappa shape index (κ3) is 25.6. The van der Waals surface area contributed by atoms with Gasteiger partial charge in [-0.3, -0.25) is 4.79 Å². The first-order chi connectivity index (χ1) is 16.7. The van der Waals surface area contributed by atoms with E-state index < -0.39 is 11.7 Å². The summed E-state index contributed by atoms with van der Waals surface area (Å²) >= 11 is 0. The minimum atomic E-state index is -0.532. The number of nitrogens with one attached hydrogen (secondary N) is 2. The molecule has 0 rings (SSSR count). The third-order valence-electron chi connectivity index (χ3n) is 4.49. The van der Waals surface area contributed by atoms with Crippen molar-refractivity contribution in [2.24, 2.45) is 0 Å². The lowest BCUT2D eigenvalue weighted by Gasteiger charge is -2.21. The molecule has 5 nitrogen and oxygen atoms in total. The monoisotopic (exact) mass is 484 g/mol. The van der Waals surface area contributed by atoms with Gasteiger partial charge in [0, 0.05) is 19.0 Å². The first-order valence-electron chi connectivity index (χ1n) is 12.9. The van der Waals surface area contributed by atoms with Crippen molar-refractivity contribution >= 4 is 12.0 Å². The zero-order chi connectivity index (χ0) is 26.2. The third-order valence-corrected chi connectivity index (χ3v) is 4.49. The first kappa shape index (κ1) is 32.2. The Morgan fingerprint density at radius 2 is 1.17 bits per heavy atom. The molecule has 1 unspecified atom stereocenters.